The first-order chi connectivity index (χ1) is 10.7. The van der Waals surface area contributed by atoms with Gasteiger partial charge >= 0.3 is 0 Å². The Kier molecular flexibility index (Phi) is 2.79. The number of nitrogens with one attached hydrogen (secondary N) is 2. The molecular formula is C16H17N5O. The first kappa shape index (κ1) is 13.1. The summed E-state index contributed by atoms with van der Waals surface area (Å²) >= 11 is 0. The van der Waals surface area contributed by atoms with Crippen LogP contribution in [-0.4, -0.2) is 25.9 Å². The van der Waals surface area contributed by atoms with Crippen LogP contribution in [-0.2, 0) is 24.7 Å². The van der Waals surface area contributed by atoms with E-state index in [-0.39, 0.29) is 11.8 Å². The minimum absolute atomic E-state index is 0.00940. The number of rotatable bonds is 3. The van der Waals surface area contributed by atoms with E-state index < -0.39 is 0 Å². The molecule has 2 N–H and O–H groups in total. The first-order valence-corrected chi connectivity index (χ1v) is 7.47. The van der Waals surface area contributed by atoms with Crippen LogP contribution >= 0.6 is 0 Å². The highest BCUT2D eigenvalue weighted by molar-refractivity contribution is 6.03. The van der Waals surface area contributed by atoms with Gasteiger partial charge in [0.25, 0.3) is 0 Å². The molecule has 22 heavy (non-hydrogen) atoms. The number of aromatic amines is 1. The zero-order valence-corrected chi connectivity index (χ0v) is 12.6. The monoisotopic (exact) mass is 295 g/mol. The van der Waals surface area contributed by atoms with Crippen LogP contribution in [0.2, 0.25) is 0 Å². The molecule has 4 rings (SSSR count). The van der Waals surface area contributed by atoms with Crippen LogP contribution in [0.5, 0.6) is 0 Å². The summed E-state index contributed by atoms with van der Waals surface area (Å²) in [6.45, 7) is 2.04. The van der Waals surface area contributed by atoms with E-state index in [2.05, 4.69) is 26.7 Å². The minimum atomic E-state index is -0.0729. The average molecular weight is 295 g/mol. The maximum Gasteiger partial charge on any atom is 0.233 e. The summed E-state index contributed by atoms with van der Waals surface area (Å²) in [6.07, 6.45) is 1.60. The van der Waals surface area contributed by atoms with Gasteiger partial charge in [0.15, 0.2) is 5.65 Å². The van der Waals surface area contributed by atoms with Crippen LogP contribution in [0.15, 0.2) is 24.3 Å². The third kappa shape index (κ3) is 1.76. The van der Waals surface area contributed by atoms with Gasteiger partial charge in [-0.3, -0.25) is 9.89 Å². The molecule has 1 aromatic carbocycles. The van der Waals surface area contributed by atoms with E-state index in [0.717, 1.165) is 35.1 Å². The molecule has 0 fully saturated rings. The Bertz CT molecular complexity index is 876. The maximum absolute atomic E-state index is 12.5. The van der Waals surface area contributed by atoms with E-state index in [1.165, 1.54) is 5.56 Å². The van der Waals surface area contributed by atoms with Crippen LogP contribution < -0.4 is 5.32 Å². The van der Waals surface area contributed by atoms with E-state index in [1.54, 1.807) is 4.68 Å². The van der Waals surface area contributed by atoms with Crippen LogP contribution in [0.25, 0.3) is 11.0 Å². The van der Waals surface area contributed by atoms with Crippen molar-refractivity contribution >= 4 is 22.8 Å². The molecule has 2 aromatic heterocycles. The van der Waals surface area contributed by atoms with Gasteiger partial charge in [-0.15, -0.1) is 0 Å². The standard InChI is InChI=1S/C16H17N5O/c1-3-12-13-14(18-19-15(13)21(2)20-12)17-16(22)11-8-9-6-4-5-7-10(9)11/h4-7,11H,3,8H2,1-2H3,(H2,17,18,19,22). The fourth-order valence-electron chi connectivity index (χ4n) is 3.16. The number of aromatic nitrogens is 4. The average Bonchev–Trinajstić information content (AvgIpc) is 3.02. The number of nitrogens with zero attached hydrogens (tertiary/aromatic N) is 3. The fraction of sp³-hybridized carbons (Fsp3) is 0.312. The van der Waals surface area contributed by atoms with Crippen LogP contribution in [0.4, 0.5) is 5.82 Å². The molecule has 0 bridgehead atoms. The van der Waals surface area contributed by atoms with Crippen molar-refractivity contribution in [3.05, 3.63) is 41.1 Å². The number of fused-ring (bicyclic) bond motifs is 2. The molecule has 0 spiro atoms. The molecule has 6 heteroatoms. The van der Waals surface area contributed by atoms with Crippen LogP contribution in [0, 0.1) is 0 Å². The van der Waals surface area contributed by atoms with Gasteiger partial charge in [-0.05, 0) is 24.0 Å². The predicted molar refractivity (Wildman–Crippen MR) is 83.8 cm³/mol. The number of H-pyrrole nitrogens is 1. The molecule has 0 radical (unpaired) electrons. The van der Waals surface area contributed by atoms with Gasteiger partial charge in [0.2, 0.25) is 5.91 Å². The maximum atomic E-state index is 12.5. The summed E-state index contributed by atoms with van der Waals surface area (Å²) < 4.78 is 1.74. The summed E-state index contributed by atoms with van der Waals surface area (Å²) in [7, 11) is 1.86. The Hall–Kier alpha value is -2.63. The van der Waals surface area contributed by atoms with Crippen molar-refractivity contribution in [1.82, 2.24) is 20.0 Å². The molecule has 112 valence electrons. The molecule has 0 saturated carbocycles. The van der Waals surface area contributed by atoms with Crippen LogP contribution in [0.3, 0.4) is 0 Å². The Morgan fingerprint density at radius 2 is 2.27 bits per heavy atom. The number of carbonyl (C=O) groups excluding carboxylic acids is 1. The van der Waals surface area contributed by atoms with Crippen molar-refractivity contribution in [3.8, 4) is 0 Å². The number of hydrogen-bond donors (Lipinski definition) is 2. The molecule has 0 aliphatic heterocycles. The van der Waals surface area contributed by atoms with Gasteiger partial charge < -0.3 is 5.32 Å². The molecule has 1 aliphatic rings. The second-order valence-corrected chi connectivity index (χ2v) is 5.67. The molecule has 3 aromatic rings. The zero-order chi connectivity index (χ0) is 15.3. The lowest BCUT2D eigenvalue weighted by Crippen LogP contribution is -2.30. The second-order valence-electron chi connectivity index (χ2n) is 5.67. The van der Waals surface area contributed by atoms with E-state index in [1.807, 2.05) is 32.2 Å². The van der Waals surface area contributed by atoms with Crippen molar-refractivity contribution in [2.24, 2.45) is 7.05 Å². The zero-order valence-electron chi connectivity index (χ0n) is 12.6. The molecule has 6 nitrogen and oxygen atoms in total. The highest BCUT2D eigenvalue weighted by atomic mass is 16.2. The quantitative estimate of drug-likeness (QED) is 0.777. The lowest BCUT2D eigenvalue weighted by molar-refractivity contribution is -0.118. The van der Waals surface area contributed by atoms with E-state index in [9.17, 15) is 4.79 Å². The number of aryl methyl sites for hydroxylation is 2. The summed E-state index contributed by atoms with van der Waals surface area (Å²) in [5.74, 6) is 0.584. The van der Waals surface area contributed by atoms with E-state index in [4.69, 9.17) is 0 Å². The van der Waals surface area contributed by atoms with Crippen molar-refractivity contribution in [2.45, 2.75) is 25.7 Å². The van der Waals surface area contributed by atoms with Gasteiger partial charge in [0, 0.05) is 7.05 Å². The number of anilines is 1. The highest BCUT2D eigenvalue weighted by Gasteiger charge is 2.32. The molecule has 0 saturated heterocycles. The van der Waals surface area contributed by atoms with Gasteiger partial charge in [0.05, 0.1) is 17.0 Å². The number of benzene rings is 1. The fourth-order valence-corrected chi connectivity index (χ4v) is 3.16. The second kappa shape index (κ2) is 4.69. The molecule has 1 atom stereocenters. The van der Waals surface area contributed by atoms with Gasteiger partial charge in [-0.25, -0.2) is 4.68 Å². The third-order valence-corrected chi connectivity index (χ3v) is 4.37. The number of carbonyl (C=O) groups is 1. The number of hydrogen-bond acceptors (Lipinski definition) is 3. The smallest absolute Gasteiger partial charge is 0.233 e. The summed E-state index contributed by atoms with van der Waals surface area (Å²) in [5.41, 5.74) is 4.09. The van der Waals surface area contributed by atoms with Gasteiger partial charge in [0.1, 0.15) is 5.82 Å². The molecule has 1 unspecified atom stereocenters. The topological polar surface area (TPSA) is 75.6 Å². The van der Waals surface area contributed by atoms with E-state index >= 15 is 0 Å². The Morgan fingerprint density at radius 3 is 3.05 bits per heavy atom. The third-order valence-electron chi connectivity index (χ3n) is 4.37. The Morgan fingerprint density at radius 1 is 1.45 bits per heavy atom. The first-order valence-electron chi connectivity index (χ1n) is 7.47. The van der Waals surface area contributed by atoms with Crippen molar-refractivity contribution < 1.29 is 4.79 Å². The lowest BCUT2D eigenvalue weighted by Gasteiger charge is -2.28. The van der Waals surface area contributed by atoms with Gasteiger partial charge in [-0.2, -0.15) is 10.2 Å². The molecule has 2 heterocycles. The number of amides is 1. The van der Waals surface area contributed by atoms with Crippen molar-refractivity contribution in [2.75, 3.05) is 5.32 Å². The van der Waals surface area contributed by atoms with Gasteiger partial charge in [-0.1, -0.05) is 31.2 Å². The van der Waals surface area contributed by atoms with Crippen molar-refractivity contribution in [1.29, 1.82) is 0 Å². The largest absolute Gasteiger partial charge is 0.310 e. The lowest BCUT2D eigenvalue weighted by atomic mass is 9.77. The Balaban J connectivity index is 1.63. The molecule has 1 aliphatic carbocycles. The predicted octanol–water partition coefficient (Wildman–Crippen LogP) is 2.14. The SMILES string of the molecule is CCc1nn(C)c2n[nH]c(NC(=O)C3Cc4ccccc43)c12. The molecular weight excluding hydrogens is 278 g/mol. The summed E-state index contributed by atoms with van der Waals surface area (Å²) in [6, 6.07) is 8.08. The molecule has 1 amide bonds. The summed E-state index contributed by atoms with van der Waals surface area (Å²) in [4.78, 5) is 12.5. The Labute approximate surface area is 127 Å². The minimum Gasteiger partial charge on any atom is -0.310 e. The van der Waals surface area contributed by atoms with Crippen LogP contribution in [0.1, 0.15) is 29.7 Å². The summed E-state index contributed by atoms with van der Waals surface area (Å²) in [5, 5.41) is 15.5. The van der Waals surface area contributed by atoms with Crippen molar-refractivity contribution in [3.63, 3.8) is 0 Å². The normalized spacial score (nSPS) is 16.4. The van der Waals surface area contributed by atoms with E-state index in [0.29, 0.717) is 5.82 Å². The highest BCUT2D eigenvalue weighted by Crippen LogP contribution is 2.36.